The average Bonchev–Trinajstić information content (AvgIpc) is 3.16. The number of carbonyl (C=O) groups excluding carboxylic acids is 1. The minimum atomic E-state index is 0.0940. The highest BCUT2D eigenvalue weighted by Gasteiger charge is 2.30. The molecule has 0 radical (unpaired) electrons. The van der Waals surface area contributed by atoms with Crippen molar-refractivity contribution in [3.8, 4) is 11.5 Å². The number of rotatable bonds is 4. The van der Waals surface area contributed by atoms with Crippen molar-refractivity contribution in [2.75, 3.05) is 25.5 Å². The van der Waals surface area contributed by atoms with Crippen LogP contribution in [0, 0.1) is 6.92 Å². The first-order valence-corrected chi connectivity index (χ1v) is 11.9. The number of aryl methyl sites for hydroxylation is 1. The molecule has 0 aliphatic carbocycles. The number of amides is 1. The van der Waals surface area contributed by atoms with Gasteiger partial charge >= 0.3 is 0 Å². The molecule has 31 heavy (non-hydrogen) atoms. The summed E-state index contributed by atoms with van der Waals surface area (Å²) in [5.41, 5.74) is 3.29. The molecule has 0 saturated carbocycles. The van der Waals surface area contributed by atoms with Crippen molar-refractivity contribution < 1.29 is 14.3 Å². The molecule has 6 heteroatoms. The summed E-state index contributed by atoms with van der Waals surface area (Å²) in [4.78, 5) is 19.9. The van der Waals surface area contributed by atoms with Gasteiger partial charge in [-0.25, -0.2) is 4.98 Å². The highest BCUT2D eigenvalue weighted by atomic mass is 32.2. The maximum atomic E-state index is 13.1. The average molecular weight is 435 g/mol. The Kier molecular flexibility index (Phi) is 5.72. The Balaban J connectivity index is 1.30. The van der Waals surface area contributed by atoms with Crippen LogP contribution in [0.1, 0.15) is 36.4 Å². The third-order valence-electron chi connectivity index (χ3n) is 5.97. The second kappa shape index (κ2) is 8.79. The van der Waals surface area contributed by atoms with E-state index >= 15 is 0 Å². The van der Waals surface area contributed by atoms with E-state index < -0.39 is 0 Å². The highest BCUT2D eigenvalue weighted by molar-refractivity contribution is 7.99. The molecule has 160 valence electrons. The third-order valence-corrected chi connectivity index (χ3v) is 6.87. The number of benzene rings is 2. The molecule has 3 heterocycles. The number of likely N-dealkylation sites (tertiary alicyclic amines) is 1. The first-order valence-electron chi connectivity index (χ1n) is 10.9. The molecule has 0 spiro atoms. The predicted octanol–water partition coefficient (Wildman–Crippen LogP) is 5.16. The zero-order valence-corrected chi connectivity index (χ0v) is 18.5. The second-order valence-electron chi connectivity index (χ2n) is 8.09. The lowest BCUT2D eigenvalue weighted by atomic mass is 10.0. The van der Waals surface area contributed by atoms with Gasteiger partial charge in [-0.15, -0.1) is 0 Å². The minimum absolute atomic E-state index is 0.0940. The number of ether oxygens (including phenoxy) is 2. The van der Waals surface area contributed by atoms with Gasteiger partial charge < -0.3 is 14.4 Å². The fraction of sp³-hybridized carbons (Fsp3) is 0.360. The van der Waals surface area contributed by atoms with Gasteiger partial charge in [0.1, 0.15) is 0 Å². The van der Waals surface area contributed by atoms with E-state index in [0.29, 0.717) is 19.0 Å². The molecule has 2 aliphatic heterocycles. The zero-order valence-electron chi connectivity index (χ0n) is 17.7. The van der Waals surface area contributed by atoms with E-state index in [0.717, 1.165) is 58.8 Å². The monoisotopic (exact) mass is 434 g/mol. The van der Waals surface area contributed by atoms with Gasteiger partial charge in [-0.2, -0.15) is 0 Å². The number of para-hydroxylation sites is 1. The van der Waals surface area contributed by atoms with Gasteiger partial charge in [0.15, 0.2) is 11.5 Å². The molecule has 5 nitrogen and oxygen atoms in total. The Hall–Kier alpha value is -2.73. The van der Waals surface area contributed by atoms with Crippen LogP contribution in [0.3, 0.4) is 0 Å². The van der Waals surface area contributed by atoms with Crippen LogP contribution in [-0.2, 0) is 4.79 Å². The number of hydrogen-bond donors (Lipinski definition) is 0. The van der Waals surface area contributed by atoms with E-state index in [-0.39, 0.29) is 11.9 Å². The Morgan fingerprint density at radius 1 is 1.10 bits per heavy atom. The molecule has 0 bridgehead atoms. The molecular formula is C25H26N2O3S. The highest BCUT2D eigenvalue weighted by Crippen LogP contribution is 2.38. The molecule has 1 aromatic heterocycles. The summed E-state index contributed by atoms with van der Waals surface area (Å²) in [5, 5.41) is 2.06. The molecule has 3 aromatic rings. The summed E-state index contributed by atoms with van der Waals surface area (Å²) in [6.07, 6.45) is 2.88. The summed E-state index contributed by atoms with van der Waals surface area (Å²) < 4.78 is 11.6. The summed E-state index contributed by atoms with van der Waals surface area (Å²) in [6, 6.07) is 16.4. The summed E-state index contributed by atoms with van der Waals surface area (Å²) in [7, 11) is 0. The lowest BCUT2D eigenvalue weighted by Crippen LogP contribution is -2.32. The Morgan fingerprint density at radius 3 is 2.84 bits per heavy atom. The van der Waals surface area contributed by atoms with Crippen LogP contribution in [0.5, 0.6) is 11.5 Å². The summed E-state index contributed by atoms with van der Waals surface area (Å²) in [5.74, 6) is 2.14. The van der Waals surface area contributed by atoms with Crippen molar-refractivity contribution in [1.82, 2.24) is 9.88 Å². The molecule has 1 atom stereocenters. The number of fused-ring (bicyclic) bond motifs is 2. The van der Waals surface area contributed by atoms with Crippen LogP contribution in [0.25, 0.3) is 10.9 Å². The molecular weight excluding hydrogens is 408 g/mol. The van der Waals surface area contributed by atoms with Crippen LogP contribution < -0.4 is 9.47 Å². The molecule has 1 fully saturated rings. The van der Waals surface area contributed by atoms with Crippen LogP contribution in [0.15, 0.2) is 53.6 Å². The van der Waals surface area contributed by atoms with Crippen LogP contribution in [0.4, 0.5) is 0 Å². The maximum Gasteiger partial charge on any atom is 0.233 e. The Bertz CT molecular complexity index is 1120. The van der Waals surface area contributed by atoms with Gasteiger partial charge in [-0.1, -0.05) is 36.0 Å². The standard InChI is InChI=1S/C25H26N2O3S/c1-17-14-24(26-20-7-3-2-6-19(17)20)31-16-25(28)27-11-4-8-21(27)18-9-10-22-23(15-18)30-13-5-12-29-22/h2-3,6-7,9-10,14-15,21H,4-5,8,11-13,16H2,1H3/t21-/m0/s1. The SMILES string of the molecule is Cc1cc(SCC(=O)N2CCC[C@H]2c2ccc3c(c2)OCCCO3)nc2ccccc12. The number of aromatic nitrogens is 1. The van der Waals surface area contributed by atoms with E-state index in [1.165, 1.54) is 17.3 Å². The summed E-state index contributed by atoms with van der Waals surface area (Å²) in [6.45, 7) is 4.23. The fourth-order valence-electron chi connectivity index (χ4n) is 4.41. The van der Waals surface area contributed by atoms with Gasteiger partial charge in [0.2, 0.25) is 5.91 Å². The van der Waals surface area contributed by atoms with Crippen molar-refractivity contribution in [1.29, 1.82) is 0 Å². The maximum absolute atomic E-state index is 13.1. The first-order chi connectivity index (χ1) is 15.2. The van der Waals surface area contributed by atoms with E-state index in [2.05, 4.69) is 31.2 Å². The number of thioether (sulfide) groups is 1. The fourth-order valence-corrected chi connectivity index (χ4v) is 5.27. The smallest absolute Gasteiger partial charge is 0.233 e. The summed E-state index contributed by atoms with van der Waals surface area (Å²) >= 11 is 1.52. The molecule has 2 aromatic carbocycles. The first kappa shape index (κ1) is 20.2. The molecule has 0 N–H and O–H groups in total. The van der Waals surface area contributed by atoms with Gasteiger partial charge in [0.25, 0.3) is 0 Å². The molecule has 1 amide bonds. The lowest BCUT2D eigenvalue weighted by molar-refractivity contribution is -0.129. The Labute approximate surface area is 186 Å². The van der Waals surface area contributed by atoms with Crippen LogP contribution in [-0.4, -0.2) is 41.3 Å². The molecule has 5 rings (SSSR count). The normalized spacial score (nSPS) is 18.2. The number of carbonyl (C=O) groups is 1. The second-order valence-corrected chi connectivity index (χ2v) is 9.08. The van der Waals surface area contributed by atoms with E-state index in [1.807, 2.05) is 29.2 Å². The number of nitrogens with zero attached hydrogens (tertiary/aromatic N) is 2. The van der Waals surface area contributed by atoms with Gasteiger partial charge in [-0.3, -0.25) is 4.79 Å². The largest absolute Gasteiger partial charge is 0.490 e. The quantitative estimate of drug-likeness (QED) is 0.531. The minimum Gasteiger partial charge on any atom is -0.490 e. The molecule has 0 unspecified atom stereocenters. The van der Waals surface area contributed by atoms with Gasteiger partial charge in [-0.05, 0) is 55.2 Å². The van der Waals surface area contributed by atoms with Gasteiger partial charge in [0.05, 0.1) is 35.6 Å². The number of pyridine rings is 1. The van der Waals surface area contributed by atoms with Crippen molar-refractivity contribution in [3.63, 3.8) is 0 Å². The van der Waals surface area contributed by atoms with Crippen molar-refractivity contribution in [2.45, 2.75) is 37.3 Å². The van der Waals surface area contributed by atoms with E-state index in [1.54, 1.807) is 0 Å². The predicted molar refractivity (Wildman–Crippen MR) is 123 cm³/mol. The van der Waals surface area contributed by atoms with Crippen molar-refractivity contribution in [2.24, 2.45) is 0 Å². The van der Waals surface area contributed by atoms with Crippen molar-refractivity contribution in [3.05, 3.63) is 59.7 Å². The van der Waals surface area contributed by atoms with Crippen LogP contribution in [0.2, 0.25) is 0 Å². The van der Waals surface area contributed by atoms with Crippen molar-refractivity contribution >= 4 is 28.6 Å². The Morgan fingerprint density at radius 2 is 1.94 bits per heavy atom. The lowest BCUT2D eigenvalue weighted by Gasteiger charge is -2.25. The topological polar surface area (TPSA) is 51.7 Å². The zero-order chi connectivity index (χ0) is 21.2. The molecule has 2 aliphatic rings. The van der Waals surface area contributed by atoms with Crippen LogP contribution >= 0.6 is 11.8 Å². The van der Waals surface area contributed by atoms with E-state index in [4.69, 9.17) is 14.5 Å². The molecule has 1 saturated heterocycles. The van der Waals surface area contributed by atoms with Gasteiger partial charge in [0, 0.05) is 18.4 Å². The van der Waals surface area contributed by atoms with E-state index in [9.17, 15) is 4.79 Å². The number of hydrogen-bond acceptors (Lipinski definition) is 5. The third kappa shape index (κ3) is 4.22.